The number of Topliss-reactive ketones (excluding diaryl/α,β-unsaturated/α-hetero) is 1. The van der Waals surface area contributed by atoms with E-state index in [0.717, 1.165) is 20.1 Å². The molecule has 0 aliphatic rings. The first kappa shape index (κ1) is 13.9. The lowest BCUT2D eigenvalue weighted by molar-refractivity contribution is 0.0993. The van der Waals surface area contributed by atoms with E-state index >= 15 is 0 Å². The molecule has 0 atom stereocenters. The molecule has 0 aromatic carbocycles. The molecule has 0 fully saturated rings. The zero-order chi connectivity index (χ0) is 13.3. The molecule has 0 amide bonds. The van der Waals surface area contributed by atoms with Gasteiger partial charge in [0.25, 0.3) is 0 Å². The molecule has 2 heterocycles. The lowest BCUT2D eigenvalue weighted by Gasteiger charge is -2.14. The number of aromatic nitrogens is 1. The second-order valence-corrected chi connectivity index (χ2v) is 8.35. The number of hydrogen-bond acceptors (Lipinski definition) is 4. The molecule has 0 radical (unpaired) electrons. The average Bonchev–Trinajstić information content (AvgIpc) is 2.85. The summed E-state index contributed by atoms with van der Waals surface area (Å²) in [6, 6.07) is 1.87. The molecule has 18 heavy (non-hydrogen) atoms. The molecule has 5 heteroatoms. The molecule has 0 spiro atoms. The first-order valence-corrected chi connectivity index (χ1v) is 8.13. The molecule has 2 rings (SSSR count). The SMILES string of the molecule is CC(C)(C)c1csc(CC(=O)c2csc(Br)c2)n1. The van der Waals surface area contributed by atoms with Crippen LogP contribution in [0.3, 0.4) is 0 Å². The van der Waals surface area contributed by atoms with Crippen LogP contribution in [0.25, 0.3) is 0 Å². The number of halogens is 1. The maximum Gasteiger partial charge on any atom is 0.170 e. The summed E-state index contributed by atoms with van der Waals surface area (Å²) >= 11 is 6.47. The van der Waals surface area contributed by atoms with Crippen molar-refractivity contribution in [1.29, 1.82) is 0 Å². The highest BCUT2D eigenvalue weighted by Crippen LogP contribution is 2.26. The summed E-state index contributed by atoms with van der Waals surface area (Å²) in [4.78, 5) is 16.6. The van der Waals surface area contributed by atoms with Gasteiger partial charge >= 0.3 is 0 Å². The summed E-state index contributed by atoms with van der Waals surface area (Å²) in [7, 11) is 0. The standard InChI is InChI=1S/C13H14BrNOS2/c1-13(2,3)10-7-18-12(15-10)5-9(16)8-4-11(14)17-6-8/h4,6-7H,5H2,1-3H3. The van der Waals surface area contributed by atoms with Crippen LogP contribution >= 0.6 is 38.6 Å². The molecule has 0 aliphatic heterocycles. The third-order valence-electron chi connectivity index (χ3n) is 2.52. The quantitative estimate of drug-likeness (QED) is 0.756. The fourth-order valence-corrected chi connectivity index (χ4v) is 3.61. The Morgan fingerprint density at radius 3 is 2.56 bits per heavy atom. The highest BCUT2D eigenvalue weighted by molar-refractivity contribution is 9.11. The van der Waals surface area contributed by atoms with Crippen molar-refractivity contribution in [2.24, 2.45) is 0 Å². The summed E-state index contributed by atoms with van der Waals surface area (Å²) in [5.74, 6) is 0.131. The van der Waals surface area contributed by atoms with Crippen LogP contribution in [0.1, 0.15) is 41.8 Å². The molecule has 0 bridgehead atoms. The van der Waals surface area contributed by atoms with Crippen LogP contribution < -0.4 is 0 Å². The second-order valence-electron chi connectivity index (χ2n) is 5.12. The molecule has 2 aromatic heterocycles. The van der Waals surface area contributed by atoms with Crippen LogP contribution in [-0.4, -0.2) is 10.8 Å². The molecule has 0 saturated heterocycles. The van der Waals surface area contributed by atoms with Crippen molar-refractivity contribution in [1.82, 2.24) is 4.98 Å². The summed E-state index contributed by atoms with van der Waals surface area (Å²) in [5.41, 5.74) is 1.87. The minimum absolute atomic E-state index is 0.0448. The molecular formula is C13H14BrNOS2. The van der Waals surface area contributed by atoms with Gasteiger partial charge in [0.1, 0.15) is 5.01 Å². The van der Waals surface area contributed by atoms with Crippen molar-refractivity contribution >= 4 is 44.4 Å². The van der Waals surface area contributed by atoms with Crippen molar-refractivity contribution in [2.45, 2.75) is 32.6 Å². The van der Waals surface area contributed by atoms with Gasteiger partial charge in [-0.1, -0.05) is 20.8 Å². The van der Waals surface area contributed by atoms with Gasteiger partial charge in [-0.2, -0.15) is 0 Å². The van der Waals surface area contributed by atoms with E-state index in [2.05, 4.69) is 41.7 Å². The molecule has 0 N–H and O–H groups in total. The predicted molar refractivity (Wildman–Crippen MR) is 80.9 cm³/mol. The van der Waals surface area contributed by atoms with Crippen LogP contribution in [0.4, 0.5) is 0 Å². The number of thiophene rings is 1. The zero-order valence-corrected chi connectivity index (χ0v) is 13.7. The molecule has 2 aromatic rings. The van der Waals surface area contributed by atoms with Crippen LogP contribution in [0.15, 0.2) is 20.6 Å². The van der Waals surface area contributed by atoms with Gasteiger partial charge in [0.2, 0.25) is 0 Å². The highest BCUT2D eigenvalue weighted by atomic mass is 79.9. The fourth-order valence-electron chi connectivity index (χ4n) is 1.43. The Kier molecular flexibility index (Phi) is 4.04. The Bertz CT molecular complexity index is 566. The first-order chi connectivity index (χ1) is 8.36. The van der Waals surface area contributed by atoms with Crippen molar-refractivity contribution in [2.75, 3.05) is 0 Å². The number of carbonyl (C=O) groups is 1. The third kappa shape index (κ3) is 3.28. The topological polar surface area (TPSA) is 30.0 Å². The van der Waals surface area contributed by atoms with E-state index < -0.39 is 0 Å². The van der Waals surface area contributed by atoms with E-state index in [9.17, 15) is 4.79 Å². The maximum atomic E-state index is 12.0. The molecule has 0 aliphatic carbocycles. The van der Waals surface area contributed by atoms with Crippen LogP contribution in [0.5, 0.6) is 0 Å². The van der Waals surface area contributed by atoms with Crippen molar-refractivity contribution in [3.63, 3.8) is 0 Å². The summed E-state index contributed by atoms with van der Waals surface area (Å²) < 4.78 is 0.986. The summed E-state index contributed by atoms with van der Waals surface area (Å²) in [5, 5.41) is 4.82. The molecule has 0 unspecified atom stereocenters. The van der Waals surface area contributed by atoms with Gasteiger partial charge in [0.15, 0.2) is 5.78 Å². The lowest BCUT2D eigenvalue weighted by atomic mass is 9.93. The van der Waals surface area contributed by atoms with Crippen LogP contribution in [-0.2, 0) is 11.8 Å². The molecular weight excluding hydrogens is 330 g/mol. The van der Waals surface area contributed by atoms with Gasteiger partial charge in [0, 0.05) is 21.7 Å². The van der Waals surface area contributed by atoms with Crippen LogP contribution in [0.2, 0.25) is 0 Å². The summed E-state index contributed by atoms with van der Waals surface area (Å²) in [6.07, 6.45) is 0.393. The second kappa shape index (κ2) is 5.23. The number of thiazole rings is 1. The Labute approximate surface area is 123 Å². The number of hydrogen-bond donors (Lipinski definition) is 0. The Hall–Kier alpha value is -0.520. The number of nitrogens with zero attached hydrogens (tertiary/aromatic N) is 1. The van der Waals surface area contributed by atoms with Gasteiger partial charge < -0.3 is 0 Å². The molecule has 2 nitrogen and oxygen atoms in total. The van der Waals surface area contributed by atoms with Gasteiger partial charge in [-0.05, 0) is 22.0 Å². The molecule has 96 valence electrons. The number of carbonyl (C=O) groups excluding carboxylic acids is 1. The van der Waals surface area contributed by atoms with E-state index in [1.165, 1.54) is 11.3 Å². The minimum atomic E-state index is 0.0448. The number of rotatable bonds is 3. The van der Waals surface area contributed by atoms with Crippen molar-refractivity contribution in [3.8, 4) is 0 Å². The Morgan fingerprint density at radius 1 is 1.33 bits per heavy atom. The fraction of sp³-hybridized carbons (Fsp3) is 0.385. The third-order valence-corrected chi connectivity index (χ3v) is 4.87. The zero-order valence-electron chi connectivity index (χ0n) is 10.5. The van der Waals surface area contributed by atoms with Gasteiger partial charge in [0.05, 0.1) is 15.9 Å². The normalized spacial score (nSPS) is 11.8. The Morgan fingerprint density at radius 2 is 2.06 bits per heavy atom. The van der Waals surface area contributed by atoms with Crippen molar-refractivity contribution < 1.29 is 4.79 Å². The van der Waals surface area contributed by atoms with E-state index in [0.29, 0.717) is 6.42 Å². The maximum absolute atomic E-state index is 12.0. The summed E-state index contributed by atoms with van der Waals surface area (Å²) in [6.45, 7) is 6.39. The minimum Gasteiger partial charge on any atom is -0.294 e. The molecule has 0 saturated carbocycles. The number of ketones is 1. The highest BCUT2D eigenvalue weighted by Gasteiger charge is 2.18. The van der Waals surface area contributed by atoms with Gasteiger partial charge in [-0.25, -0.2) is 4.98 Å². The van der Waals surface area contributed by atoms with E-state index in [1.807, 2.05) is 16.8 Å². The predicted octanol–water partition coefficient (Wildman–Crippen LogP) is 4.69. The van der Waals surface area contributed by atoms with Gasteiger partial charge in [-0.3, -0.25) is 4.79 Å². The monoisotopic (exact) mass is 343 g/mol. The van der Waals surface area contributed by atoms with Crippen LogP contribution in [0, 0.1) is 0 Å². The van der Waals surface area contributed by atoms with E-state index in [1.54, 1.807) is 11.3 Å². The van der Waals surface area contributed by atoms with E-state index in [4.69, 9.17) is 0 Å². The lowest BCUT2D eigenvalue weighted by Crippen LogP contribution is -2.12. The van der Waals surface area contributed by atoms with Crippen molar-refractivity contribution in [3.05, 3.63) is 36.9 Å². The average molecular weight is 344 g/mol. The van der Waals surface area contributed by atoms with Gasteiger partial charge in [-0.15, -0.1) is 22.7 Å². The Balaban J connectivity index is 2.10. The largest absolute Gasteiger partial charge is 0.294 e. The first-order valence-electron chi connectivity index (χ1n) is 5.58. The van der Waals surface area contributed by atoms with E-state index in [-0.39, 0.29) is 11.2 Å². The smallest absolute Gasteiger partial charge is 0.170 e.